The number of aromatic nitrogens is 2. The highest BCUT2D eigenvalue weighted by molar-refractivity contribution is 6.02. The summed E-state index contributed by atoms with van der Waals surface area (Å²) in [6, 6.07) is 6.24. The highest BCUT2D eigenvalue weighted by Crippen LogP contribution is 2.64. The predicted octanol–water partition coefficient (Wildman–Crippen LogP) is 3.17. The predicted molar refractivity (Wildman–Crippen MR) is 83.1 cm³/mol. The van der Waals surface area contributed by atoms with Crippen molar-refractivity contribution in [1.82, 2.24) is 9.78 Å². The van der Waals surface area contributed by atoms with E-state index in [4.69, 9.17) is 0 Å². The van der Waals surface area contributed by atoms with Crippen LogP contribution in [0.2, 0.25) is 0 Å². The highest BCUT2D eigenvalue weighted by atomic mass is 19.1. The van der Waals surface area contributed by atoms with E-state index >= 15 is 0 Å². The SMILES string of the molecule is Cc1nn(C)cc1NC(=O)C1(c2ccc(F)cc2)CC1(C)C. The third kappa shape index (κ3) is 2.12. The van der Waals surface area contributed by atoms with E-state index in [1.165, 1.54) is 12.1 Å². The summed E-state index contributed by atoms with van der Waals surface area (Å²) in [7, 11) is 1.82. The summed E-state index contributed by atoms with van der Waals surface area (Å²) in [6.07, 6.45) is 2.54. The Morgan fingerprint density at radius 3 is 2.36 bits per heavy atom. The Morgan fingerprint density at radius 2 is 1.91 bits per heavy atom. The van der Waals surface area contributed by atoms with Crippen LogP contribution < -0.4 is 5.32 Å². The molecular formula is C17H20FN3O. The van der Waals surface area contributed by atoms with Crippen LogP contribution in [0.5, 0.6) is 0 Å². The van der Waals surface area contributed by atoms with Gasteiger partial charge in [-0.05, 0) is 36.5 Å². The number of hydrogen-bond acceptors (Lipinski definition) is 2. The van der Waals surface area contributed by atoms with Crippen LogP contribution in [0.3, 0.4) is 0 Å². The number of benzene rings is 1. The molecule has 1 amide bonds. The lowest BCUT2D eigenvalue weighted by Crippen LogP contribution is -2.32. The minimum Gasteiger partial charge on any atom is -0.322 e. The third-order valence-electron chi connectivity index (χ3n) is 4.72. The fraction of sp³-hybridized carbons (Fsp3) is 0.412. The van der Waals surface area contributed by atoms with Crippen molar-refractivity contribution in [3.63, 3.8) is 0 Å². The lowest BCUT2D eigenvalue weighted by atomic mass is 9.87. The van der Waals surface area contributed by atoms with Gasteiger partial charge in [-0.25, -0.2) is 4.39 Å². The minimum absolute atomic E-state index is 0.0554. The molecule has 4 nitrogen and oxygen atoms in total. The van der Waals surface area contributed by atoms with Crippen LogP contribution in [0.1, 0.15) is 31.5 Å². The molecule has 1 saturated carbocycles. The smallest absolute Gasteiger partial charge is 0.235 e. The number of anilines is 1. The van der Waals surface area contributed by atoms with Gasteiger partial charge >= 0.3 is 0 Å². The maximum absolute atomic E-state index is 13.2. The maximum Gasteiger partial charge on any atom is 0.235 e. The van der Waals surface area contributed by atoms with E-state index in [9.17, 15) is 9.18 Å². The molecule has 0 aliphatic heterocycles. The zero-order valence-corrected chi connectivity index (χ0v) is 13.3. The molecule has 0 bridgehead atoms. The molecule has 22 heavy (non-hydrogen) atoms. The number of carbonyl (C=O) groups is 1. The van der Waals surface area contributed by atoms with Crippen LogP contribution in [-0.4, -0.2) is 15.7 Å². The van der Waals surface area contributed by atoms with Crippen molar-refractivity contribution in [1.29, 1.82) is 0 Å². The molecular weight excluding hydrogens is 281 g/mol. The van der Waals surface area contributed by atoms with Crippen molar-refractivity contribution >= 4 is 11.6 Å². The molecule has 5 heteroatoms. The second kappa shape index (κ2) is 4.66. The van der Waals surface area contributed by atoms with Crippen molar-refractivity contribution in [2.75, 3.05) is 5.32 Å². The van der Waals surface area contributed by atoms with Gasteiger partial charge in [0.05, 0.1) is 16.8 Å². The molecule has 1 aliphatic rings. The van der Waals surface area contributed by atoms with Crippen molar-refractivity contribution in [3.8, 4) is 0 Å². The van der Waals surface area contributed by atoms with Crippen molar-refractivity contribution in [3.05, 3.63) is 47.5 Å². The van der Waals surface area contributed by atoms with Crippen LogP contribution in [0, 0.1) is 18.2 Å². The zero-order valence-electron chi connectivity index (χ0n) is 13.3. The van der Waals surface area contributed by atoms with E-state index in [1.807, 2.05) is 14.0 Å². The number of amides is 1. The molecule has 1 aliphatic carbocycles. The molecule has 1 N–H and O–H groups in total. The number of hydrogen-bond donors (Lipinski definition) is 1. The molecule has 0 saturated heterocycles. The van der Waals surface area contributed by atoms with Crippen molar-refractivity contribution < 1.29 is 9.18 Å². The standard InChI is InChI=1S/C17H20FN3O/c1-11-14(9-21(4)20-11)19-15(22)17(10-16(17,2)3)12-5-7-13(18)8-6-12/h5-9H,10H2,1-4H3,(H,19,22). The summed E-state index contributed by atoms with van der Waals surface area (Å²) in [6.45, 7) is 5.98. The summed E-state index contributed by atoms with van der Waals surface area (Å²) >= 11 is 0. The highest BCUT2D eigenvalue weighted by Gasteiger charge is 2.67. The molecule has 1 fully saturated rings. The van der Waals surface area contributed by atoms with E-state index < -0.39 is 5.41 Å². The summed E-state index contributed by atoms with van der Waals surface area (Å²) in [5.74, 6) is -0.346. The van der Waals surface area contributed by atoms with Crippen molar-refractivity contribution in [2.24, 2.45) is 12.5 Å². The molecule has 1 unspecified atom stereocenters. The van der Waals surface area contributed by atoms with Gasteiger partial charge in [0.2, 0.25) is 5.91 Å². The molecule has 1 aromatic heterocycles. The minimum atomic E-state index is -0.608. The van der Waals surface area contributed by atoms with Crippen LogP contribution >= 0.6 is 0 Å². The first-order chi connectivity index (χ1) is 10.3. The Labute approximate surface area is 129 Å². The maximum atomic E-state index is 13.2. The number of nitrogens with zero attached hydrogens (tertiary/aromatic N) is 2. The Morgan fingerprint density at radius 1 is 1.32 bits per heavy atom. The molecule has 0 radical (unpaired) electrons. The van der Waals surface area contributed by atoms with Gasteiger partial charge in [0, 0.05) is 13.2 Å². The van der Waals surface area contributed by atoms with Gasteiger partial charge in [0.15, 0.2) is 0 Å². The second-order valence-corrected chi connectivity index (χ2v) is 6.73. The van der Waals surface area contributed by atoms with E-state index in [0.717, 1.165) is 23.4 Å². The Kier molecular flexibility index (Phi) is 3.13. The number of carbonyl (C=O) groups excluding carboxylic acids is 1. The number of rotatable bonds is 3. The van der Waals surface area contributed by atoms with Gasteiger partial charge in [0.1, 0.15) is 5.82 Å². The lowest BCUT2D eigenvalue weighted by Gasteiger charge is -2.20. The van der Waals surface area contributed by atoms with Gasteiger partial charge in [-0.2, -0.15) is 5.10 Å². The van der Waals surface area contributed by atoms with E-state index in [-0.39, 0.29) is 17.1 Å². The quantitative estimate of drug-likeness (QED) is 0.946. The Bertz CT molecular complexity index is 733. The number of aryl methyl sites for hydroxylation is 2. The Hall–Kier alpha value is -2.17. The van der Waals surface area contributed by atoms with Crippen LogP contribution in [0.15, 0.2) is 30.5 Å². The van der Waals surface area contributed by atoms with Crippen LogP contribution in [0.4, 0.5) is 10.1 Å². The molecule has 1 atom stereocenters. The van der Waals surface area contributed by atoms with Crippen LogP contribution in [0.25, 0.3) is 0 Å². The van der Waals surface area contributed by atoms with E-state index in [0.29, 0.717) is 0 Å². The largest absolute Gasteiger partial charge is 0.322 e. The number of nitrogens with one attached hydrogen (secondary N) is 1. The molecule has 0 spiro atoms. The second-order valence-electron chi connectivity index (χ2n) is 6.73. The average molecular weight is 301 g/mol. The van der Waals surface area contributed by atoms with E-state index in [2.05, 4.69) is 24.3 Å². The van der Waals surface area contributed by atoms with Crippen LogP contribution in [-0.2, 0) is 17.3 Å². The average Bonchev–Trinajstić information content (AvgIpc) is 2.89. The first kappa shape index (κ1) is 14.8. The fourth-order valence-corrected chi connectivity index (χ4v) is 3.32. The summed E-state index contributed by atoms with van der Waals surface area (Å²) in [5.41, 5.74) is 1.60. The topological polar surface area (TPSA) is 46.9 Å². The van der Waals surface area contributed by atoms with Gasteiger partial charge in [0.25, 0.3) is 0 Å². The first-order valence-corrected chi connectivity index (χ1v) is 7.34. The zero-order chi connectivity index (χ0) is 16.1. The number of halogens is 1. The van der Waals surface area contributed by atoms with Gasteiger partial charge < -0.3 is 5.32 Å². The molecule has 2 aromatic rings. The first-order valence-electron chi connectivity index (χ1n) is 7.34. The normalized spacial score (nSPS) is 22.4. The van der Waals surface area contributed by atoms with Gasteiger partial charge in [-0.1, -0.05) is 26.0 Å². The lowest BCUT2D eigenvalue weighted by molar-refractivity contribution is -0.119. The monoisotopic (exact) mass is 301 g/mol. The fourth-order valence-electron chi connectivity index (χ4n) is 3.32. The Balaban J connectivity index is 1.94. The summed E-state index contributed by atoms with van der Waals surface area (Å²) in [4.78, 5) is 12.9. The molecule has 1 aromatic carbocycles. The van der Waals surface area contributed by atoms with Crippen molar-refractivity contribution in [2.45, 2.75) is 32.6 Å². The molecule has 3 rings (SSSR count). The van der Waals surface area contributed by atoms with Gasteiger partial charge in [-0.3, -0.25) is 9.48 Å². The summed E-state index contributed by atoms with van der Waals surface area (Å²) in [5, 5.41) is 7.23. The summed E-state index contributed by atoms with van der Waals surface area (Å²) < 4.78 is 14.9. The van der Waals surface area contributed by atoms with Gasteiger partial charge in [-0.15, -0.1) is 0 Å². The van der Waals surface area contributed by atoms with E-state index in [1.54, 1.807) is 23.0 Å². The molecule has 116 valence electrons. The molecule has 1 heterocycles. The third-order valence-corrected chi connectivity index (χ3v) is 4.72.